The van der Waals surface area contributed by atoms with Crippen molar-refractivity contribution in [2.24, 2.45) is 0 Å². The summed E-state index contributed by atoms with van der Waals surface area (Å²) in [6.45, 7) is 6.96. The van der Waals surface area contributed by atoms with Gasteiger partial charge in [0.05, 0.1) is 37.1 Å². The monoisotopic (exact) mass is 951 g/mol. The van der Waals surface area contributed by atoms with Crippen LogP contribution in [-0.4, -0.2) is 268 Å². The normalized spacial score (nSPS) is 54.5. The van der Waals surface area contributed by atoms with Gasteiger partial charge < -0.3 is 129 Å². The van der Waals surface area contributed by atoms with Gasteiger partial charge in [-0.3, -0.25) is 4.79 Å². The van der Waals surface area contributed by atoms with Crippen LogP contribution < -0.4 is 5.32 Å². The second-order valence-electron chi connectivity index (χ2n) is 17.4. The molecule has 6 heterocycles. The highest BCUT2D eigenvalue weighted by molar-refractivity contribution is 5.73. The molecule has 30 atom stereocenters. The largest absolute Gasteiger partial charge is 0.394 e. The maximum absolute atomic E-state index is 12.7. The Morgan fingerprint density at radius 1 is 0.400 bits per heavy atom. The van der Waals surface area contributed by atoms with Crippen LogP contribution in [0.4, 0.5) is 0 Å². The molecular weight excluding hydrogens is 886 g/mol. The van der Waals surface area contributed by atoms with Crippen molar-refractivity contribution >= 4 is 5.91 Å². The predicted octanol–water partition coefficient (Wildman–Crippen LogP) is -8.82. The first-order valence-electron chi connectivity index (χ1n) is 21.4. The fraction of sp³-hybridized carbons (Fsp3) is 0.974. The summed E-state index contributed by atoms with van der Waals surface area (Å²) in [6, 6.07) is -1.65. The summed E-state index contributed by atoms with van der Waals surface area (Å²) in [4.78, 5) is 12.7. The first-order valence-corrected chi connectivity index (χ1v) is 21.4. The maximum Gasteiger partial charge on any atom is 0.217 e. The van der Waals surface area contributed by atoms with Crippen LogP contribution in [0.15, 0.2) is 0 Å². The van der Waals surface area contributed by atoms with E-state index in [4.69, 9.17) is 52.1 Å². The third kappa shape index (κ3) is 10.9. The Bertz CT molecular complexity index is 1540. The number of ether oxygens (including phenoxy) is 11. The number of aliphatic hydroxyl groups excluding tert-OH is 14. The number of carbonyl (C=O) groups excluding carboxylic acids is 1. The van der Waals surface area contributed by atoms with E-state index in [-0.39, 0.29) is 0 Å². The molecule has 0 aromatic heterocycles. The highest BCUT2D eigenvalue weighted by atomic mass is 16.8. The predicted molar refractivity (Wildman–Crippen MR) is 204 cm³/mol. The van der Waals surface area contributed by atoms with Gasteiger partial charge in [0, 0.05) is 6.92 Å². The van der Waals surface area contributed by atoms with Crippen molar-refractivity contribution in [3.63, 3.8) is 0 Å². The van der Waals surface area contributed by atoms with Crippen molar-refractivity contribution in [3.8, 4) is 0 Å². The molecule has 6 fully saturated rings. The van der Waals surface area contributed by atoms with E-state index in [2.05, 4.69) is 5.32 Å². The van der Waals surface area contributed by atoms with Crippen LogP contribution in [0.5, 0.6) is 0 Å². The van der Waals surface area contributed by atoms with E-state index in [9.17, 15) is 76.3 Å². The molecule has 27 heteroatoms. The van der Waals surface area contributed by atoms with Crippen LogP contribution in [0.1, 0.15) is 41.5 Å². The SMILES string of the molecule is CC(=O)N[C@H]1[C@H](O[C@H]2[C@H](O[C@@H]3[C@H](O)[C@@H](O)[C@H](C)O[C@H]3O)O[C@@H](C)[C@H](O)[C@H]2O)O[C@H](CO)[C@@H](O)[C@@H]1O[C@@H]1O[C@@H](C)[C@H](O)[C@@H](O[C@@H]2O[C@@H](C)[C@H](O)[C@@H](O)[C@H]2O[C@@H]2O[C@@H](C)[C@H](O)[C@@H](O)[C@H]2O)[C@H]1O. The number of nitrogens with one attached hydrogen (secondary N) is 1. The Balaban J connectivity index is 1.25. The summed E-state index contributed by atoms with van der Waals surface area (Å²) in [5.41, 5.74) is 0. The molecule has 0 spiro atoms. The number of aliphatic hydroxyl groups is 14. The highest BCUT2D eigenvalue weighted by Gasteiger charge is 2.57. The van der Waals surface area contributed by atoms with Crippen molar-refractivity contribution in [2.75, 3.05) is 6.61 Å². The first-order chi connectivity index (χ1) is 30.5. The molecule has 0 bridgehead atoms. The Morgan fingerprint density at radius 2 is 0.785 bits per heavy atom. The highest BCUT2D eigenvalue weighted by Crippen LogP contribution is 2.37. The standard InChI is InChI=1S/C38H65NO26/c1-8-17(43)23(49)30(33(54)55-8)63-38-31(24(50)18(44)11(4)59-38)64-34-15(39-13(6)41)28(21(47)14(7-40)60-34)61-36-27(53)29(20(46)12(5)57-36)62-37-32(25(51)19(45)10(3)58-37)65-35-26(52)22(48)16(42)9(2)56-35/h8-12,14-38,40,42-54H,7H2,1-6H3,(H,39,41)/t8-,9-,10-,11-,12-,14+,15+,16-,17-,18-,19-,20-,21+,22+,23+,24+,25+,26+,27+,28+,29+,30+,31+,32+,33+,34-,35-,36-,37-,38-/m0/s1. The van der Waals surface area contributed by atoms with Crippen LogP contribution in [0.3, 0.4) is 0 Å². The van der Waals surface area contributed by atoms with Crippen molar-refractivity contribution in [1.82, 2.24) is 5.32 Å². The third-order valence-electron chi connectivity index (χ3n) is 12.6. The van der Waals surface area contributed by atoms with Crippen LogP contribution >= 0.6 is 0 Å². The lowest BCUT2D eigenvalue weighted by Crippen LogP contribution is -2.70. The number of amides is 1. The molecule has 0 aliphatic carbocycles. The van der Waals surface area contributed by atoms with Crippen LogP contribution in [0.2, 0.25) is 0 Å². The van der Waals surface area contributed by atoms with E-state index in [1.54, 1.807) is 0 Å². The van der Waals surface area contributed by atoms with Gasteiger partial charge in [0.25, 0.3) is 0 Å². The molecule has 6 saturated heterocycles. The van der Waals surface area contributed by atoms with Crippen molar-refractivity contribution in [2.45, 2.75) is 226 Å². The second kappa shape index (κ2) is 21.6. The molecule has 27 nitrogen and oxygen atoms in total. The van der Waals surface area contributed by atoms with E-state index in [0.717, 1.165) is 6.92 Å². The molecular formula is C38H65NO26. The van der Waals surface area contributed by atoms with Gasteiger partial charge in [0.2, 0.25) is 5.91 Å². The van der Waals surface area contributed by atoms with E-state index >= 15 is 0 Å². The van der Waals surface area contributed by atoms with Crippen molar-refractivity contribution in [1.29, 1.82) is 0 Å². The van der Waals surface area contributed by atoms with Crippen molar-refractivity contribution < 1.29 is 128 Å². The van der Waals surface area contributed by atoms with Crippen LogP contribution in [-0.2, 0) is 56.9 Å². The van der Waals surface area contributed by atoms with Gasteiger partial charge in [0.15, 0.2) is 37.7 Å². The van der Waals surface area contributed by atoms with E-state index in [1.807, 2.05) is 0 Å². The van der Waals surface area contributed by atoms with Gasteiger partial charge in [0.1, 0.15) is 116 Å². The van der Waals surface area contributed by atoms with Crippen LogP contribution in [0.25, 0.3) is 0 Å². The molecule has 0 saturated carbocycles. The smallest absolute Gasteiger partial charge is 0.217 e. The minimum Gasteiger partial charge on any atom is -0.394 e. The average molecular weight is 952 g/mol. The molecule has 1 amide bonds. The minimum atomic E-state index is -2.05. The van der Waals surface area contributed by atoms with E-state index in [0.29, 0.717) is 0 Å². The lowest BCUT2D eigenvalue weighted by Gasteiger charge is -2.50. The minimum absolute atomic E-state index is 0.778. The van der Waals surface area contributed by atoms with Gasteiger partial charge in [-0.2, -0.15) is 0 Å². The Labute approximate surface area is 371 Å². The topological polar surface area (TPSA) is 414 Å². The third-order valence-corrected chi connectivity index (χ3v) is 12.6. The zero-order valence-electron chi connectivity index (χ0n) is 36.2. The van der Waals surface area contributed by atoms with Gasteiger partial charge >= 0.3 is 0 Å². The molecule has 378 valence electrons. The van der Waals surface area contributed by atoms with Gasteiger partial charge in [-0.05, 0) is 34.6 Å². The van der Waals surface area contributed by atoms with Crippen molar-refractivity contribution in [3.05, 3.63) is 0 Å². The molecule has 0 aromatic rings. The quantitative estimate of drug-likeness (QED) is 0.0864. The molecule has 15 N–H and O–H groups in total. The summed E-state index contributed by atoms with van der Waals surface area (Å²) >= 11 is 0. The fourth-order valence-electron chi connectivity index (χ4n) is 8.58. The van der Waals surface area contributed by atoms with E-state index < -0.39 is 197 Å². The maximum atomic E-state index is 12.7. The first kappa shape index (κ1) is 52.8. The summed E-state index contributed by atoms with van der Waals surface area (Å²) in [5.74, 6) is -0.778. The van der Waals surface area contributed by atoms with Gasteiger partial charge in [-0.15, -0.1) is 0 Å². The zero-order chi connectivity index (χ0) is 48.1. The molecule has 6 rings (SSSR count). The van der Waals surface area contributed by atoms with Crippen LogP contribution in [0, 0.1) is 0 Å². The molecule has 0 radical (unpaired) electrons. The summed E-state index contributed by atoms with van der Waals surface area (Å²) < 4.78 is 63.7. The molecule has 0 unspecified atom stereocenters. The molecule has 6 aliphatic rings. The second-order valence-corrected chi connectivity index (χ2v) is 17.4. The average Bonchev–Trinajstić information content (AvgIpc) is 3.25. The lowest BCUT2D eigenvalue weighted by atomic mass is 9.94. The summed E-state index contributed by atoms with van der Waals surface area (Å²) in [6.07, 6.45) is -48.1. The Kier molecular flexibility index (Phi) is 17.6. The molecule has 6 aliphatic heterocycles. The number of hydrogen-bond donors (Lipinski definition) is 15. The van der Waals surface area contributed by atoms with Gasteiger partial charge in [-0.1, -0.05) is 0 Å². The lowest BCUT2D eigenvalue weighted by molar-refractivity contribution is -0.395. The molecule has 65 heavy (non-hydrogen) atoms. The van der Waals surface area contributed by atoms with E-state index in [1.165, 1.54) is 34.6 Å². The summed E-state index contributed by atoms with van der Waals surface area (Å²) in [5, 5.41) is 154. The number of rotatable bonds is 12. The number of carbonyl (C=O) groups is 1. The fourth-order valence-corrected chi connectivity index (χ4v) is 8.58. The Hall–Kier alpha value is -1.53. The molecule has 0 aromatic carbocycles. The summed E-state index contributed by atoms with van der Waals surface area (Å²) in [7, 11) is 0. The van der Waals surface area contributed by atoms with Gasteiger partial charge in [-0.25, -0.2) is 0 Å². The Morgan fingerprint density at radius 3 is 1.29 bits per heavy atom. The number of hydrogen-bond acceptors (Lipinski definition) is 26. The zero-order valence-corrected chi connectivity index (χ0v) is 36.2.